The number of carbonyl (C=O) groups excluding carboxylic acids is 1. The minimum Gasteiger partial charge on any atom is -0.378 e. The van der Waals surface area contributed by atoms with Crippen LogP contribution in [0, 0.1) is 0 Å². The summed E-state index contributed by atoms with van der Waals surface area (Å²) in [5.74, 6) is 0.635. The van der Waals surface area contributed by atoms with Crippen LogP contribution in [0.3, 0.4) is 0 Å². The molecule has 1 aliphatic heterocycles. The van der Waals surface area contributed by atoms with Crippen LogP contribution in [0.25, 0.3) is 0 Å². The third-order valence-electron chi connectivity index (χ3n) is 4.40. The van der Waals surface area contributed by atoms with E-state index in [1.54, 1.807) is 24.5 Å². The van der Waals surface area contributed by atoms with Gasteiger partial charge in [-0.3, -0.25) is 4.79 Å². The van der Waals surface area contributed by atoms with Gasteiger partial charge >= 0.3 is 0 Å². The van der Waals surface area contributed by atoms with Crippen molar-refractivity contribution < 1.29 is 9.53 Å². The second kappa shape index (κ2) is 9.26. The highest BCUT2D eigenvalue weighted by atomic mass is 35.5. The van der Waals surface area contributed by atoms with Crippen molar-refractivity contribution in [3.63, 3.8) is 0 Å². The molecule has 4 rings (SSSR count). The number of amides is 1. The van der Waals surface area contributed by atoms with Crippen LogP contribution in [-0.4, -0.2) is 42.2 Å². The fraction of sp³-hybridized carbons (Fsp3) is 0.190. The normalized spacial score (nSPS) is 13.9. The Bertz CT molecular complexity index is 994. The Morgan fingerprint density at radius 3 is 2.66 bits per heavy atom. The van der Waals surface area contributed by atoms with E-state index in [2.05, 4.69) is 20.2 Å². The predicted octanol–water partition coefficient (Wildman–Crippen LogP) is 4.37. The van der Waals surface area contributed by atoms with E-state index in [0.717, 1.165) is 23.8 Å². The van der Waals surface area contributed by atoms with Gasteiger partial charge in [0.15, 0.2) is 0 Å². The number of carbonyl (C=O) groups is 1. The molecule has 0 radical (unpaired) electrons. The summed E-state index contributed by atoms with van der Waals surface area (Å²) >= 11 is 7.61. The van der Waals surface area contributed by atoms with E-state index in [1.165, 1.54) is 11.8 Å². The predicted molar refractivity (Wildman–Crippen MR) is 115 cm³/mol. The molecule has 0 saturated carbocycles. The van der Waals surface area contributed by atoms with Crippen LogP contribution in [0.4, 0.5) is 11.5 Å². The molecule has 0 atom stereocenters. The molecule has 0 unspecified atom stereocenters. The molecule has 29 heavy (non-hydrogen) atoms. The van der Waals surface area contributed by atoms with E-state index >= 15 is 0 Å². The number of hydrogen-bond donors (Lipinski definition) is 1. The van der Waals surface area contributed by atoms with Crippen LogP contribution in [0.1, 0.15) is 10.4 Å². The monoisotopic (exact) mass is 426 g/mol. The number of halogens is 1. The average Bonchev–Trinajstić information content (AvgIpc) is 2.77. The summed E-state index contributed by atoms with van der Waals surface area (Å²) in [5, 5.41) is 4.11. The Balaban J connectivity index is 1.48. The smallest absolute Gasteiger partial charge is 0.258 e. The van der Waals surface area contributed by atoms with Crippen LogP contribution in [-0.2, 0) is 4.74 Å². The van der Waals surface area contributed by atoms with E-state index in [9.17, 15) is 4.79 Å². The minimum atomic E-state index is -0.242. The van der Waals surface area contributed by atoms with Gasteiger partial charge in [-0.2, -0.15) is 0 Å². The second-order valence-corrected chi connectivity index (χ2v) is 7.79. The fourth-order valence-corrected chi connectivity index (χ4v) is 4.07. The Hall–Kier alpha value is -2.61. The number of hydrogen-bond acceptors (Lipinski definition) is 6. The average molecular weight is 427 g/mol. The van der Waals surface area contributed by atoms with Crippen LogP contribution in [0.15, 0.2) is 70.8 Å². The second-order valence-electron chi connectivity index (χ2n) is 6.35. The maximum absolute atomic E-state index is 12.8. The Labute approximate surface area is 178 Å². The van der Waals surface area contributed by atoms with Gasteiger partial charge in [-0.15, -0.1) is 0 Å². The number of nitrogens with one attached hydrogen (secondary N) is 1. The summed E-state index contributed by atoms with van der Waals surface area (Å²) < 4.78 is 5.37. The summed E-state index contributed by atoms with van der Waals surface area (Å²) in [6.45, 7) is 3.04. The molecule has 1 aromatic carbocycles. The first-order chi connectivity index (χ1) is 14.2. The number of pyridine rings is 2. The third kappa shape index (κ3) is 4.87. The minimum absolute atomic E-state index is 0.242. The van der Waals surface area contributed by atoms with Crippen molar-refractivity contribution in [1.29, 1.82) is 0 Å². The molecule has 8 heteroatoms. The Morgan fingerprint density at radius 1 is 1.07 bits per heavy atom. The maximum atomic E-state index is 12.8. The van der Waals surface area contributed by atoms with Crippen molar-refractivity contribution in [3.05, 3.63) is 71.5 Å². The first-order valence-corrected chi connectivity index (χ1v) is 10.4. The van der Waals surface area contributed by atoms with E-state index in [0.29, 0.717) is 34.5 Å². The molecule has 0 aliphatic carbocycles. The molecule has 1 fully saturated rings. The summed E-state index contributed by atoms with van der Waals surface area (Å²) in [5.41, 5.74) is 1.11. The zero-order chi connectivity index (χ0) is 20.1. The lowest BCUT2D eigenvalue weighted by atomic mass is 10.2. The third-order valence-corrected chi connectivity index (χ3v) is 5.94. The standard InChI is InChI=1S/C21H19ClN4O2S/c22-17-5-1-2-6-18(17)29-21-16(4-3-9-23-21)20(27)25-15-7-8-19(24-14-15)26-10-12-28-13-11-26/h1-9,14H,10-13H2,(H,25,27). The van der Waals surface area contributed by atoms with Gasteiger partial charge in [0.25, 0.3) is 5.91 Å². The van der Waals surface area contributed by atoms with Crippen LogP contribution in [0.2, 0.25) is 5.02 Å². The van der Waals surface area contributed by atoms with Gasteiger partial charge in [-0.05, 0) is 36.4 Å². The summed E-state index contributed by atoms with van der Waals surface area (Å²) in [6, 6.07) is 14.7. The van der Waals surface area contributed by atoms with Crippen molar-refractivity contribution in [2.45, 2.75) is 9.92 Å². The van der Waals surface area contributed by atoms with E-state index in [-0.39, 0.29) is 5.91 Å². The van der Waals surface area contributed by atoms with Gasteiger partial charge in [0.1, 0.15) is 10.8 Å². The number of aromatic nitrogens is 2. The zero-order valence-corrected chi connectivity index (χ0v) is 17.1. The molecule has 3 aromatic rings. The molecule has 1 saturated heterocycles. The van der Waals surface area contributed by atoms with E-state index < -0.39 is 0 Å². The van der Waals surface area contributed by atoms with Crippen molar-refractivity contribution in [2.24, 2.45) is 0 Å². The lowest BCUT2D eigenvalue weighted by Crippen LogP contribution is -2.36. The molecule has 1 aliphatic rings. The first-order valence-electron chi connectivity index (χ1n) is 9.18. The highest BCUT2D eigenvalue weighted by Crippen LogP contribution is 2.33. The highest BCUT2D eigenvalue weighted by Gasteiger charge is 2.16. The topological polar surface area (TPSA) is 67.4 Å². The molecule has 1 N–H and O–H groups in total. The molecule has 3 heterocycles. The number of nitrogens with zero attached hydrogens (tertiary/aromatic N) is 3. The lowest BCUT2D eigenvalue weighted by molar-refractivity contribution is 0.102. The van der Waals surface area contributed by atoms with Crippen LogP contribution >= 0.6 is 23.4 Å². The van der Waals surface area contributed by atoms with Crippen LogP contribution in [0.5, 0.6) is 0 Å². The molecule has 0 bridgehead atoms. The van der Waals surface area contributed by atoms with Gasteiger partial charge in [0, 0.05) is 24.2 Å². The summed E-state index contributed by atoms with van der Waals surface area (Å²) in [7, 11) is 0. The van der Waals surface area contributed by atoms with Gasteiger partial charge in [-0.25, -0.2) is 9.97 Å². The number of ether oxygens (including phenoxy) is 1. The SMILES string of the molecule is O=C(Nc1ccc(N2CCOCC2)nc1)c1cccnc1Sc1ccccc1Cl. The largest absolute Gasteiger partial charge is 0.378 e. The fourth-order valence-electron chi connectivity index (χ4n) is 2.91. The summed E-state index contributed by atoms with van der Waals surface area (Å²) in [4.78, 5) is 24.7. The molecule has 0 spiro atoms. The lowest BCUT2D eigenvalue weighted by Gasteiger charge is -2.27. The quantitative estimate of drug-likeness (QED) is 0.653. The zero-order valence-electron chi connectivity index (χ0n) is 15.5. The number of anilines is 2. The molecule has 2 aromatic heterocycles. The number of morpholine rings is 1. The molecule has 6 nitrogen and oxygen atoms in total. The van der Waals surface area contributed by atoms with Gasteiger partial charge in [0.05, 0.1) is 35.7 Å². The Morgan fingerprint density at radius 2 is 1.90 bits per heavy atom. The summed E-state index contributed by atoms with van der Waals surface area (Å²) in [6.07, 6.45) is 3.33. The van der Waals surface area contributed by atoms with Crippen molar-refractivity contribution in [3.8, 4) is 0 Å². The van der Waals surface area contributed by atoms with Crippen molar-refractivity contribution in [1.82, 2.24) is 9.97 Å². The number of rotatable bonds is 5. The van der Waals surface area contributed by atoms with Crippen LogP contribution < -0.4 is 10.2 Å². The molecular formula is C21H19ClN4O2S. The molecule has 148 valence electrons. The van der Waals surface area contributed by atoms with Crippen molar-refractivity contribution >= 4 is 40.8 Å². The van der Waals surface area contributed by atoms with Gasteiger partial charge in [0.2, 0.25) is 0 Å². The molecule has 1 amide bonds. The number of benzene rings is 1. The van der Waals surface area contributed by atoms with Gasteiger partial charge < -0.3 is 15.0 Å². The van der Waals surface area contributed by atoms with Crippen molar-refractivity contribution in [2.75, 3.05) is 36.5 Å². The van der Waals surface area contributed by atoms with Gasteiger partial charge in [-0.1, -0.05) is 35.5 Å². The first kappa shape index (κ1) is 19.7. The van der Waals surface area contributed by atoms with E-state index in [4.69, 9.17) is 16.3 Å². The Kier molecular flexibility index (Phi) is 6.29. The maximum Gasteiger partial charge on any atom is 0.258 e. The molecular weight excluding hydrogens is 408 g/mol. The van der Waals surface area contributed by atoms with E-state index in [1.807, 2.05) is 36.4 Å². The highest BCUT2D eigenvalue weighted by molar-refractivity contribution is 7.99.